The Labute approximate surface area is 93.5 Å². The predicted molar refractivity (Wildman–Crippen MR) is 65.6 cm³/mol. The van der Waals surface area contributed by atoms with Crippen LogP contribution in [0.2, 0.25) is 0 Å². The van der Waals surface area contributed by atoms with E-state index < -0.39 is 0 Å². The molecule has 84 valence electrons. The molecule has 1 aliphatic rings. The monoisotopic (exact) mass is 206 g/mol. The molecular weight excluding hydrogens is 184 g/mol. The molecule has 0 saturated heterocycles. The SMILES string of the molecule is C=C(COC=CC)C1CC=C(C)C1(C)C. The van der Waals surface area contributed by atoms with Gasteiger partial charge in [0.05, 0.1) is 6.26 Å². The average molecular weight is 206 g/mol. The number of ether oxygens (including phenoxy) is 1. The highest BCUT2D eigenvalue weighted by molar-refractivity contribution is 5.25. The van der Waals surface area contributed by atoms with Gasteiger partial charge in [0.1, 0.15) is 6.61 Å². The number of hydrogen-bond acceptors (Lipinski definition) is 1. The van der Waals surface area contributed by atoms with Crippen LogP contribution in [0.4, 0.5) is 0 Å². The quantitative estimate of drug-likeness (QED) is 0.497. The first-order valence-electron chi connectivity index (χ1n) is 5.57. The molecule has 1 rings (SSSR count). The minimum absolute atomic E-state index is 0.246. The van der Waals surface area contributed by atoms with Crippen molar-refractivity contribution in [3.63, 3.8) is 0 Å². The van der Waals surface area contributed by atoms with E-state index in [1.807, 2.05) is 13.0 Å². The van der Waals surface area contributed by atoms with Crippen LogP contribution in [-0.4, -0.2) is 6.61 Å². The van der Waals surface area contributed by atoms with Gasteiger partial charge in [-0.3, -0.25) is 0 Å². The Balaban J connectivity index is 2.56. The normalized spacial score (nSPS) is 24.3. The van der Waals surface area contributed by atoms with Crippen molar-refractivity contribution >= 4 is 0 Å². The van der Waals surface area contributed by atoms with E-state index in [1.165, 1.54) is 11.1 Å². The van der Waals surface area contributed by atoms with Crippen LogP contribution in [0.3, 0.4) is 0 Å². The smallest absolute Gasteiger partial charge is 0.108 e. The lowest BCUT2D eigenvalue weighted by atomic mass is 9.74. The Morgan fingerprint density at radius 1 is 1.67 bits per heavy atom. The lowest BCUT2D eigenvalue weighted by molar-refractivity contribution is 0.241. The van der Waals surface area contributed by atoms with Gasteiger partial charge < -0.3 is 4.74 Å². The van der Waals surface area contributed by atoms with Crippen molar-refractivity contribution in [1.82, 2.24) is 0 Å². The minimum atomic E-state index is 0.246. The highest BCUT2D eigenvalue weighted by Crippen LogP contribution is 2.46. The largest absolute Gasteiger partial charge is 0.497 e. The first-order chi connectivity index (χ1) is 7.00. The van der Waals surface area contributed by atoms with E-state index in [0.717, 1.165) is 6.42 Å². The highest BCUT2D eigenvalue weighted by Gasteiger charge is 2.36. The Kier molecular flexibility index (Phi) is 3.78. The second-order valence-corrected chi connectivity index (χ2v) is 4.84. The number of allylic oxidation sites excluding steroid dienone is 3. The first kappa shape index (κ1) is 12.1. The van der Waals surface area contributed by atoms with E-state index in [2.05, 4.69) is 33.4 Å². The molecule has 15 heavy (non-hydrogen) atoms. The molecule has 1 heteroatoms. The Bertz CT molecular complexity index is 294. The molecule has 1 unspecified atom stereocenters. The number of rotatable bonds is 4. The molecule has 0 saturated carbocycles. The van der Waals surface area contributed by atoms with E-state index in [1.54, 1.807) is 6.26 Å². The summed E-state index contributed by atoms with van der Waals surface area (Å²) in [5.74, 6) is 0.530. The van der Waals surface area contributed by atoms with Crippen LogP contribution < -0.4 is 0 Å². The molecule has 0 radical (unpaired) electrons. The average Bonchev–Trinajstić information content (AvgIpc) is 2.42. The van der Waals surface area contributed by atoms with E-state index >= 15 is 0 Å². The molecule has 0 fully saturated rings. The van der Waals surface area contributed by atoms with Gasteiger partial charge in [-0.05, 0) is 37.2 Å². The van der Waals surface area contributed by atoms with E-state index in [-0.39, 0.29) is 5.41 Å². The molecule has 1 atom stereocenters. The zero-order chi connectivity index (χ0) is 11.5. The van der Waals surface area contributed by atoms with Crippen molar-refractivity contribution in [3.8, 4) is 0 Å². The maximum Gasteiger partial charge on any atom is 0.108 e. The molecule has 0 N–H and O–H groups in total. The van der Waals surface area contributed by atoms with Crippen molar-refractivity contribution in [1.29, 1.82) is 0 Å². The molecule has 0 amide bonds. The lowest BCUT2D eigenvalue weighted by Gasteiger charge is -2.31. The number of hydrogen-bond donors (Lipinski definition) is 0. The Morgan fingerprint density at radius 2 is 2.33 bits per heavy atom. The fraction of sp³-hybridized carbons (Fsp3) is 0.571. The Morgan fingerprint density at radius 3 is 2.80 bits per heavy atom. The molecule has 0 aromatic carbocycles. The second-order valence-electron chi connectivity index (χ2n) is 4.84. The third-order valence-corrected chi connectivity index (χ3v) is 3.54. The van der Waals surface area contributed by atoms with Crippen LogP contribution in [0.25, 0.3) is 0 Å². The molecule has 0 bridgehead atoms. The van der Waals surface area contributed by atoms with Crippen LogP contribution in [-0.2, 0) is 4.74 Å². The Hall–Kier alpha value is -0.980. The van der Waals surface area contributed by atoms with Crippen molar-refractivity contribution < 1.29 is 4.74 Å². The summed E-state index contributed by atoms with van der Waals surface area (Å²) in [6, 6.07) is 0. The summed E-state index contributed by atoms with van der Waals surface area (Å²) in [6.45, 7) is 13.5. The summed E-state index contributed by atoms with van der Waals surface area (Å²) >= 11 is 0. The van der Waals surface area contributed by atoms with Crippen LogP contribution in [0.15, 0.2) is 36.1 Å². The minimum Gasteiger partial charge on any atom is -0.497 e. The van der Waals surface area contributed by atoms with Gasteiger partial charge >= 0.3 is 0 Å². The third kappa shape index (κ3) is 2.53. The second kappa shape index (κ2) is 4.69. The lowest BCUT2D eigenvalue weighted by Crippen LogP contribution is -2.23. The van der Waals surface area contributed by atoms with Gasteiger partial charge in [-0.2, -0.15) is 0 Å². The van der Waals surface area contributed by atoms with E-state index in [4.69, 9.17) is 4.74 Å². The maximum atomic E-state index is 5.38. The molecule has 1 nitrogen and oxygen atoms in total. The highest BCUT2D eigenvalue weighted by atomic mass is 16.5. The van der Waals surface area contributed by atoms with Crippen molar-refractivity contribution in [2.75, 3.05) is 6.61 Å². The first-order valence-corrected chi connectivity index (χ1v) is 5.57. The van der Waals surface area contributed by atoms with Crippen LogP contribution >= 0.6 is 0 Å². The van der Waals surface area contributed by atoms with Gasteiger partial charge in [0.15, 0.2) is 0 Å². The zero-order valence-electron chi connectivity index (χ0n) is 10.3. The van der Waals surface area contributed by atoms with Crippen molar-refractivity contribution in [2.24, 2.45) is 11.3 Å². The molecular formula is C14H22O. The summed E-state index contributed by atoms with van der Waals surface area (Å²) in [7, 11) is 0. The molecule has 1 aliphatic carbocycles. The van der Waals surface area contributed by atoms with E-state index in [9.17, 15) is 0 Å². The van der Waals surface area contributed by atoms with Gasteiger partial charge in [-0.1, -0.05) is 38.2 Å². The molecule has 0 spiro atoms. The summed E-state index contributed by atoms with van der Waals surface area (Å²) in [6.07, 6.45) is 7.06. The molecule has 0 aromatic rings. The van der Waals surface area contributed by atoms with Crippen LogP contribution in [0.5, 0.6) is 0 Å². The van der Waals surface area contributed by atoms with Gasteiger partial charge in [0.2, 0.25) is 0 Å². The third-order valence-electron chi connectivity index (χ3n) is 3.54. The summed E-state index contributed by atoms with van der Waals surface area (Å²) in [5.41, 5.74) is 2.92. The topological polar surface area (TPSA) is 9.23 Å². The summed E-state index contributed by atoms with van der Waals surface area (Å²) < 4.78 is 5.38. The van der Waals surface area contributed by atoms with Crippen LogP contribution in [0.1, 0.15) is 34.1 Å². The fourth-order valence-corrected chi connectivity index (χ4v) is 2.16. The molecule has 0 aliphatic heterocycles. The van der Waals surface area contributed by atoms with E-state index in [0.29, 0.717) is 12.5 Å². The molecule has 0 aromatic heterocycles. The van der Waals surface area contributed by atoms with Gasteiger partial charge in [0, 0.05) is 0 Å². The standard InChI is InChI=1S/C14H22O/c1-6-9-15-10-11(2)13-8-7-12(3)14(13,4)5/h6-7,9,13H,2,8,10H2,1,3-5H3. The molecule has 0 heterocycles. The maximum absolute atomic E-state index is 5.38. The summed E-state index contributed by atoms with van der Waals surface area (Å²) in [5, 5.41) is 0. The van der Waals surface area contributed by atoms with Crippen molar-refractivity contribution in [2.45, 2.75) is 34.1 Å². The predicted octanol–water partition coefficient (Wildman–Crippen LogP) is 4.09. The van der Waals surface area contributed by atoms with Gasteiger partial charge in [0.25, 0.3) is 0 Å². The zero-order valence-corrected chi connectivity index (χ0v) is 10.3. The van der Waals surface area contributed by atoms with Gasteiger partial charge in [-0.15, -0.1) is 0 Å². The van der Waals surface area contributed by atoms with Crippen molar-refractivity contribution in [3.05, 3.63) is 36.1 Å². The summed E-state index contributed by atoms with van der Waals surface area (Å²) in [4.78, 5) is 0. The van der Waals surface area contributed by atoms with Gasteiger partial charge in [-0.25, -0.2) is 0 Å². The fourth-order valence-electron chi connectivity index (χ4n) is 2.16. The van der Waals surface area contributed by atoms with Crippen LogP contribution in [0, 0.1) is 11.3 Å².